The van der Waals surface area contributed by atoms with Crippen LogP contribution in [0.4, 0.5) is 0 Å². The molecule has 0 unspecified atom stereocenters. The number of nitrogens with zero attached hydrogens (tertiary/aromatic N) is 1. The van der Waals surface area contributed by atoms with Gasteiger partial charge in [0.15, 0.2) is 11.5 Å². The second-order valence-corrected chi connectivity index (χ2v) is 8.06. The lowest BCUT2D eigenvalue weighted by atomic mass is 10.1. The molecule has 10 heteroatoms. The molecule has 188 valence electrons. The first kappa shape index (κ1) is 26.6. The lowest BCUT2D eigenvalue weighted by molar-refractivity contribution is 0.0734. The highest BCUT2D eigenvalue weighted by molar-refractivity contribution is 9.10. The van der Waals surface area contributed by atoms with Crippen LogP contribution in [-0.2, 0) is 0 Å². The van der Waals surface area contributed by atoms with E-state index >= 15 is 0 Å². The van der Waals surface area contributed by atoms with Crippen molar-refractivity contribution in [3.8, 4) is 28.7 Å². The molecular weight excluding hydrogens is 532 g/mol. The Morgan fingerprint density at radius 1 is 0.889 bits per heavy atom. The van der Waals surface area contributed by atoms with Gasteiger partial charge in [-0.15, -0.1) is 0 Å². The van der Waals surface area contributed by atoms with Gasteiger partial charge in [-0.2, -0.15) is 5.10 Å². The maximum atomic E-state index is 12.7. The number of halogens is 1. The topological polar surface area (TPSA) is 105 Å². The van der Waals surface area contributed by atoms with Gasteiger partial charge in [0.1, 0.15) is 11.5 Å². The standard InChI is InChI=1S/C26H25BrN2O7/c1-5-35-20-9-6-16(7-10-20)26(31)36-21-11-8-19(27)12-18(21)15-28-29-25(30)17-13-22(32-2)24(34-4)23(14-17)33-3/h6-15H,5H2,1-4H3,(H,29,30). The number of rotatable bonds is 10. The van der Waals surface area contributed by atoms with Crippen molar-refractivity contribution in [1.29, 1.82) is 0 Å². The summed E-state index contributed by atoms with van der Waals surface area (Å²) in [4.78, 5) is 25.3. The van der Waals surface area contributed by atoms with Gasteiger partial charge in [0.05, 0.1) is 39.7 Å². The smallest absolute Gasteiger partial charge is 0.343 e. The van der Waals surface area contributed by atoms with E-state index in [9.17, 15) is 9.59 Å². The Bertz CT molecular complexity index is 1230. The first-order valence-corrected chi connectivity index (χ1v) is 11.6. The number of benzene rings is 3. The Balaban J connectivity index is 1.76. The summed E-state index contributed by atoms with van der Waals surface area (Å²) in [6.45, 7) is 2.41. The third kappa shape index (κ3) is 6.54. The molecule has 36 heavy (non-hydrogen) atoms. The van der Waals surface area contributed by atoms with Crippen molar-refractivity contribution in [1.82, 2.24) is 5.43 Å². The lowest BCUT2D eigenvalue weighted by Crippen LogP contribution is -2.18. The van der Waals surface area contributed by atoms with Crippen molar-refractivity contribution in [3.05, 3.63) is 75.8 Å². The van der Waals surface area contributed by atoms with E-state index in [0.29, 0.717) is 40.7 Å². The molecule has 0 saturated heterocycles. The molecule has 0 saturated carbocycles. The van der Waals surface area contributed by atoms with Crippen molar-refractivity contribution in [3.63, 3.8) is 0 Å². The van der Waals surface area contributed by atoms with Crippen LogP contribution in [0.2, 0.25) is 0 Å². The molecule has 0 bridgehead atoms. The molecule has 0 atom stereocenters. The van der Waals surface area contributed by atoms with Gasteiger partial charge in [-0.25, -0.2) is 10.2 Å². The molecule has 1 N–H and O–H groups in total. The first-order valence-electron chi connectivity index (χ1n) is 10.8. The monoisotopic (exact) mass is 556 g/mol. The van der Waals surface area contributed by atoms with Crippen LogP contribution in [0.3, 0.4) is 0 Å². The Kier molecular flexibility index (Phi) is 9.29. The van der Waals surface area contributed by atoms with E-state index in [1.54, 1.807) is 42.5 Å². The minimum Gasteiger partial charge on any atom is -0.494 e. The summed E-state index contributed by atoms with van der Waals surface area (Å²) in [6, 6.07) is 14.7. The molecule has 0 fully saturated rings. The number of hydrazone groups is 1. The SMILES string of the molecule is CCOc1ccc(C(=O)Oc2ccc(Br)cc2C=NNC(=O)c2cc(OC)c(OC)c(OC)c2)cc1. The minimum atomic E-state index is -0.545. The van der Waals surface area contributed by atoms with Crippen LogP contribution in [0.5, 0.6) is 28.7 Å². The van der Waals surface area contributed by atoms with E-state index in [-0.39, 0.29) is 11.3 Å². The highest BCUT2D eigenvalue weighted by atomic mass is 79.9. The molecule has 3 aromatic carbocycles. The first-order chi connectivity index (χ1) is 17.4. The van der Waals surface area contributed by atoms with Crippen molar-refractivity contribution < 1.29 is 33.3 Å². The molecule has 9 nitrogen and oxygen atoms in total. The van der Waals surface area contributed by atoms with E-state index in [4.69, 9.17) is 23.7 Å². The number of carbonyl (C=O) groups excluding carboxylic acids is 2. The molecule has 1 amide bonds. The molecule has 0 spiro atoms. The van der Waals surface area contributed by atoms with E-state index in [2.05, 4.69) is 26.5 Å². The molecule has 0 aromatic heterocycles. The zero-order valence-electron chi connectivity index (χ0n) is 20.2. The molecule has 0 radical (unpaired) electrons. The highest BCUT2D eigenvalue weighted by Crippen LogP contribution is 2.38. The van der Waals surface area contributed by atoms with Gasteiger partial charge in [-0.05, 0) is 61.5 Å². The van der Waals surface area contributed by atoms with Crippen molar-refractivity contribution in [2.24, 2.45) is 5.10 Å². The Hall–Kier alpha value is -4.05. The second-order valence-electron chi connectivity index (χ2n) is 7.14. The largest absolute Gasteiger partial charge is 0.494 e. The number of nitrogens with one attached hydrogen (secondary N) is 1. The van der Waals surface area contributed by atoms with Crippen LogP contribution < -0.4 is 29.1 Å². The number of carbonyl (C=O) groups is 2. The van der Waals surface area contributed by atoms with Gasteiger partial charge < -0.3 is 23.7 Å². The van der Waals surface area contributed by atoms with Gasteiger partial charge in [0.25, 0.3) is 5.91 Å². The fourth-order valence-corrected chi connectivity index (χ4v) is 3.54. The lowest BCUT2D eigenvalue weighted by Gasteiger charge is -2.13. The number of methoxy groups -OCH3 is 3. The van der Waals surface area contributed by atoms with Crippen molar-refractivity contribution >= 4 is 34.0 Å². The summed E-state index contributed by atoms with van der Waals surface area (Å²) in [5.41, 5.74) is 3.52. The number of hydrogen-bond acceptors (Lipinski definition) is 8. The number of amides is 1. The normalized spacial score (nSPS) is 10.6. The Morgan fingerprint density at radius 3 is 2.14 bits per heavy atom. The molecule has 0 aliphatic carbocycles. The van der Waals surface area contributed by atoms with Crippen molar-refractivity contribution in [2.75, 3.05) is 27.9 Å². The van der Waals surface area contributed by atoms with Gasteiger partial charge >= 0.3 is 5.97 Å². The summed E-state index contributed by atoms with van der Waals surface area (Å²) in [5, 5.41) is 4.02. The molecule has 0 aliphatic heterocycles. The second kappa shape index (κ2) is 12.6. The predicted molar refractivity (Wildman–Crippen MR) is 138 cm³/mol. The summed E-state index contributed by atoms with van der Waals surface area (Å²) in [7, 11) is 4.39. The van der Waals surface area contributed by atoms with Crippen LogP contribution >= 0.6 is 15.9 Å². The third-order valence-corrected chi connectivity index (χ3v) is 5.37. The van der Waals surface area contributed by atoms with Crippen LogP contribution in [0, 0.1) is 0 Å². The molecule has 0 aliphatic rings. The van der Waals surface area contributed by atoms with E-state index in [1.807, 2.05) is 6.92 Å². The predicted octanol–water partition coefficient (Wildman–Crippen LogP) is 4.86. The molecular formula is C26H25BrN2O7. The molecule has 3 rings (SSSR count). The van der Waals surface area contributed by atoms with Gasteiger partial charge in [-0.3, -0.25) is 4.79 Å². The highest BCUT2D eigenvalue weighted by Gasteiger charge is 2.17. The molecule has 3 aromatic rings. The quantitative estimate of drug-likeness (QED) is 0.164. The number of esters is 1. The number of hydrogen-bond donors (Lipinski definition) is 1. The average molecular weight is 557 g/mol. The van der Waals surface area contributed by atoms with Crippen LogP contribution in [0.25, 0.3) is 0 Å². The van der Waals surface area contributed by atoms with Crippen molar-refractivity contribution in [2.45, 2.75) is 6.92 Å². The summed E-state index contributed by atoms with van der Waals surface area (Å²) in [5.74, 6) is 0.914. The fourth-order valence-electron chi connectivity index (χ4n) is 3.16. The Labute approximate surface area is 217 Å². The minimum absolute atomic E-state index is 0.248. The fraction of sp³-hybridized carbons (Fsp3) is 0.192. The summed E-state index contributed by atoms with van der Waals surface area (Å²) < 4.78 is 27.5. The van der Waals surface area contributed by atoms with E-state index < -0.39 is 11.9 Å². The van der Waals surface area contributed by atoms with Gasteiger partial charge in [0, 0.05) is 15.6 Å². The summed E-state index contributed by atoms with van der Waals surface area (Å²) in [6.07, 6.45) is 1.38. The van der Waals surface area contributed by atoms with Gasteiger partial charge in [0.2, 0.25) is 5.75 Å². The van der Waals surface area contributed by atoms with Gasteiger partial charge in [-0.1, -0.05) is 15.9 Å². The third-order valence-electron chi connectivity index (χ3n) is 4.87. The van der Waals surface area contributed by atoms with Crippen LogP contribution in [0.1, 0.15) is 33.2 Å². The maximum Gasteiger partial charge on any atom is 0.343 e. The average Bonchev–Trinajstić information content (AvgIpc) is 2.89. The van der Waals surface area contributed by atoms with Crippen LogP contribution in [0.15, 0.2) is 64.2 Å². The van der Waals surface area contributed by atoms with Crippen LogP contribution in [-0.4, -0.2) is 46.0 Å². The number of ether oxygens (including phenoxy) is 5. The molecule has 0 heterocycles. The zero-order chi connectivity index (χ0) is 26.1. The zero-order valence-corrected chi connectivity index (χ0v) is 21.7. The Morgan fingerprint density at radius 2 is 1.56 bits per heavy atom. The maximum absolute atomic E-state index is 12.7. The van der Waals surface area contributed by atoms with E-state index in [0.717, 1.165) is 4.47 Å². The summed E-state index contributed by atoms with van der Waals surface area (Å²) >= 11 is 3.39. The van der Waals surface area contributed by atoms with E-state index in [1.165, 1.54) is 39.7 Å².